The fourth-order valence-corrected chi connectivity index (χ4v) is 1.77. The Bertz CT molecular complexity index is 644. The van der Waals surface area contributed by atoms with Gasteiger partial charge in [0.1, 0.15) is 12.4 Å². The van der Waals surface area contributed by atoms with Gasteiger partial charge in [0.25, 0.3) is 5.91 Å². The minimum atomic E-state index is -0.235. The van der Waals surface area contributed by atoms with Crippen molar-refractivity contribution in [3.63, 3.8) is 0 Å². The van der Waals surface area contributed by atoms with Gasteiger partial charge in [-0.15, -0.1) is 6.42 Å². The zero-order valence-corrected chi connectivity index (χ0v) is 11.4. The van der Waals surface area contributed by atoms with E-state index in [0.717, 1.165) is 0 Å². The van der Waals surface area contributed by atoms with E-state index < -0.39 is 0 Å². The highest BCUT2D eigenvalue weighted by Crippen LogP contribution is 2.21. The summed E-state index contributed by atoms with van der Waals surface area (Å²) in [6.07, 6.45) is 5.10. The Morgan fingerprint density at radius 1 is 1.20 bits per heavy atom. The largest absolute Gasteiger partial charge is 0.481 e. The van der Waals surface area contributed by atoms with Crippen LogP contribution in [0.1, 0.15) is 10.4 Å². The van der Waals surface area contributed by atoms with Gasteiger partial charge in [0, 0.05) is 5.56 Å². The first-order valence-corrected chi connectivity index (χ1v) is 6.30. The standard InChI is InChI=1S/C16H12ClNO2/c1-2-11-20-13-9-7-12(8-10-13)16(19)18-15-6-4-3-5-14(15)17/h1,3-10H,11H2,(H,18,19). The number of hydrogen-bond acceptors (Lipinski definition) is 2. The van der Waals surface area contributed by atoms with Crippen molar-refractivity contribution in [2.24, 2.45) is 0 Å². The predicted octanol–water partition coefficient (Wildman–Crippen LogP) is 3.60. The van der Waals surface area contributed by atoms with E-state index in [9.17, 15) is 4.79 Å². The fourth-order valence-electron chi connectivity index (χ4n) is 1.58. The molecule has 20 heavy (non-hydrogen) atoms. The van der Waals surface area contributed by atoms with Gasteiger partial charge in [0.05, 0.1) is 10.7 Å². The second-order valence-corrected chi connectivity index (χ2v) is 4.36. The summed E-state index contributed by atoms with van der Waals surface area (Å²) in [7, 11) is 0. The lowest BCUT2D eigenvalue weighted by molar-refractivity contribution is 0.102. The van der Waals surface area contributed by atoms with Crippen molar-refractivity contribution in [3.8, 4) is 18.1 Å². The van der Waals surface area contributed by atoms with Crippen LogP contribution in [0.3, 0.4) is 0 Å². The number of anilines is 1. The molecule has 0 saturated carbocycles. The Labute approximate surface area is 122 Å². The van der Waals surface area contributed by atoms with E-state index in [1.165, 1.54) is 0 Å². The number of benzene rings is 2. The minimum Gasteiger partial charge on any atom is -0.481 e. The molecule has 0 aliphatic rings. The second-order valence-electron chi connectivity index (χ2n) is 3.95. The summed E-state index contributed by atoms with van der Waals surface area (Å²) in [6, 6.07) is 13.8. The third-order valence-electron chi connectivity index (χ3n) is 2.56. The Morgan fingerprint density at radius 2 is 1.90 bits per heavy atom. The first kappa shape index (κ1) is 14.0. The molecule has 4 heteroatoms. The molecule has 1 N–H and O–H groups in total. The topological polar surface area (TPSA) is 38.3 Å². The van der Waals surface area contributed by atoms with Crippen LogP contribution < -0.4 is 10.1 Å². The third-order valence-corrected chi connectivity index (χ3v) is 2.89. The van der Waals surface area contributed by atoms with Crippen molar-refractivity contribution in [2.45, 2.75) is 0 Å². The van der Waals surface area contributed by atoms with Crippen LogP contribution in [0, 0.1) is 12.3 Å². The van der Waals surface area contributed by atoms with Crippen LogP contribution in [-0.2, 0) is 0 Å². The summed E-state index contributed by atoms with van der Waals surface area (Å²) in [5.74, 6) is 2.76. The van der Waals surface area contributed by atoms with E-state index in [1.807, 2.05) is 0 Å². The van der Waals surface area contributed by atoms with Crippen molar-refractivity contribution in [1.29, 1.82) is 0 Å². The average molecular weight is 286 g/mol. The van der Waals surface area contributed by atoms with Gasteiger partial charge in [-0.1, -0.05) is 29.7 Å². The number of hydrogen-bond donors (Lipinski definition) is 1. The van der Waals surface area contributed by atoms with E-state index in [0.29, 0.717) is 22.0 Å². The van der Waals surface area contributed by atoms with E-state index in [2.05, 4.69) is 11.2 Å². The molecule has 100 valence electrons. The van der Waals surface area contributed by atoms with Gasteiger partial charge in [-0.25, -0.2) is 0 Å². The van der Waals surface area contributed by atoms with E-state index in [-0.39, 0.29) is 12.5 Å². The summed E-state index contributed by atoms with van der Waals surface area (Å²) in [6.45, 7) is 0.200. The Balaban J connectivity index is 2.06. The second kappa shape index (κ2) is 6.65. The molecule has 1 amide bonds. The van der Waals surface area contributed by atoms with E-state index >= 15 is 0 Å². The van der Waals surface area contributed by atoms with Crippen molar-refractivity contribution < 1.29 is 9.53 Å². The fraction of sp³-hybridized carbons (Fsp3) is 0.0625. The SMILES string of the molecule is C#CCOc1ccc(C(=O)Nc2ccccc2Cl)cc1. The van der Waals surface area contributed by atoms with Gasteiger partial charge < -0.3 is 10.1 Å². The first-order chi connectivity index (χ1) is 9.70. The molecule has 0 aliphatic heterocycles. The van der Waals surface area contributed by atoms with E-state index in [4.69, 9.17) is 22.8 Å². The molecule has 0 radical (unpaired) electrons. The van der Waals surface area contributed by atoms with Gasteiger partial charge >= 0.3 is 0 Å². The molecular formula is C16H12ClNO2. The highest BCUT2D eigenvalue weighted by Gasteiger charge is 2.08. The van der Waals surface area contributed by atoms with Crippen molar-refractivity contribution in [1.82, 2.24) is 0 Å². The Morgan fingerprint density at radius 3 is 2.55 bits per heavy atom. The molecule has 0 spiro atoms. The number of nitrogens with one attached hydrogen (secondary N) is 1. The molecule has 2 rings (SSSR count). The Kier molecular flexibility index (Phi) is 4.65. The molecular weight excluding hydrogens is 274 g/mol. The molecule has 2 aromatic carbocycles. The monoisotopic (exact) mass is 285 g/mol. The first-order valence-electron chi connectivity index (χ1n) is 5.93. The summed E-state index contributed by atoms with van der Waals surface area (Å²) in [5.41, 5.74) is 1.09. The molecule has 0 aromatic heterocycles. The maximum Gasteiger partial charge on any atom is 0.255 e. The highest BCUT2D eigenvalue weighted by atomic mass is 35.5. The normalized spacial score (nSPS) is 9.60. The number of halogens is 1. The molecule has 0 aliphatic carbocycles. The third kappa shape index (κ3) is 3.53. The van der Waals surface area contributed by atoms with Gasteiger partial charge in [-0.2, -0.15) is 0 Å². The van der Waals surface area contributed by atoms with Crippen LogP contribution in [0.2, 0.25) is 5.02 Å². The number of rotatable bonds is 4. The van der Waals surface area contributed by atoms with Gasteiger partial charge in [-0.05, 0) is 36.4 Å². The van der Waals surface area contributed by atoms with Crippen LogP contribution in [0.5, 0.6) is 5.75 Å². The van der Waals surface area contributed by atoms with Crippen LogP contribution >= 0.6 is 11.6 Å². The molecule has 0 fully saturated rings. The summed E-state index contributed by atoms with van der Waals surface area (Å²) >= 11 is 5.98. The van der Waals surface area contributed by atoms with Crippen molar-refractivity contribution in [2.75, 3.05) is 11.9 Å². The van der Waals surface area contributed by atoms with Crippen LogP contribution in [0.4, 0.5) is 5.69 Å². The smallest absolute Gasteiger partial charge is 0.255 e. The maximum absolute atomic E-state index is 12.0. The molecule has 0 unspecified atom stereocenters. The molecule has 0 bridgehead atoms. The number of amides is 1. The summed E-state index contributed by atoms with van der Waals surface area (Å²) in [5, 5.41) is 3.24. The van der Waals surface area contributed by atoms with Crippen LogP contribution in [0.15, 0.2) is 48.5 Å². The quantitative estimate of drug-likeness (QED) is 0.872. The van der Waals surface area contributed by atoms with E-state index in [1.54, 1.807) is 48.5 Å². The molecule has 0 atom stereocenters. The number of terminal acetylenes is 1. The van der Waals surface area contributed by atoms with Crippen molar-refractivity contribution in [3.05, 3.63) is 59.1 Å². The zero-order valence-electron chi connectivity index (χ0n) is 10.6. The van der Waals surface area contributed by atoms with Gasteiger partial charge in [-0.3, -0.25) is 4.79 Å². The minimum absolute atomic E-state index is 0.200. The molecule has 0 saturated heterocycles. The Hall–Kier alpha value is -2.44. The molecule has 0 heterocycles. The van der Waals surface area contributed by atoms with Gasteiger partial charge in [0.2, 0.25) is 0 Å². The number of ether oxygens (including phenoxy) is 1. The number of carbonyl (C=O) groups is 1. The lowest BCUT2D eigenvalue weighted by Crippen LogP contribution is -2.12. The number of carbonyl (C=O) groups excluding carboxylic acids is 1. The zero-order chi connectivity index (χ0) is 14.4. The lowest BCUT2D eigenvalue weighted by Gasteiger charge is -2.07. The average Bonchev–Trinajstić information content (AvgIpc) is 2.48. The highest BCUT2D eigenvalue weighted by molar-refractivity contribution is 6.33. The predicted molar refractivity (Wildman–Crippen MR) is 80.2 cm³/mol. The van der Waals surface area contributed by atoms with Crippen molar-refractivity contribution >= 4 is 23.2 Å². The van der Waals surface area contributed by atoms with Gasteiger partial charge in [0.15, 0.2) is 0 Å². The summed E-state index contributed by atoms with van der Waals surface area (Å²) in [4.78, 5) is 12.0. The van der Waals surface area contributed by atoms with Crippen LogP contribution in [-0.4, -0.2) is 12.5 Å². The number of para-hydroxylation sites is 1. The molecule has 2 aromatic rings. The maximum atomic E-state index is 12.0. The van der Waals surface area contributed by atoms with Crippen LogP contribution in [0.25, 0.3) is 0 Å². The summed E-state index contributed by atoms with van der Waals surface area (Å²) < 4.78 is 5.24. The lowest BCUT2D eigenvalue weighted by atomic mass is 10.2. The molecule has 3 nitrogen and oxygen atoms in total.